The van der Waals surface area contributed by atoms with Gasteiger partial charge in [-0.15, -0.1) is 0 Å². The van der Waals surface area contributed by atoms with Crippen LogP contribution in [0.4, 0.5) is 5.69 Å². The van der Waals surface area contributed by atoms with Gasteiger partial charge in [0.05, 0.1) is 24.4 Å². The van der Waals surface area contributed by atoms with Crippen LogP contribution >= 0.6 is 0 Å². The molecule has 0 bridgehead atoms. The van der Waals surface area contributed by atoms with E-state index in [1.54, 1.807) is 37.6 Å². The van der Waals surface area contributed by atoms with Crippen molar-refractivity contribution in [3.8, 4) is 5.88 Å². The summed E-state index contributed by atoms with van der Waals surface area (Å²) >= 11 is 0. The molecule has 1 amide bonds. The zero-order valence-corrected chi connectivity index (χ0v) is 16.8. The topological polar surface area (TPSA) is 80.3 Å². The molecule has 2 aromatic rings. The standard InChI is InChI=1S/C20H27N3O3S/c1-4-6-13-27(25)23-18-10-8-7-9-16(18)20(24)22-17(5-2)15-11-12-19(26-3)21-14-15/h7-12,14,17,23H,4-6,13H2,1-3H3,(H,22,24)/t17-,27?/m0/s1. The Morgan fingerprint density at radius 3 is 2.63 bits per heavy atom. The number of benzene rings is 1. The first-order valence-electron chi connectivity index (χ1n) is 9.13. The van der Waals surface area contributed by atoms with Gasteiger partial charge in [-0.3, -0.25) is 4.79 Å². The normalized spacial score (nSPS) is 12.9. The molecular formula is C20H27N3O3S. The summed E-state index contributed by atoms with van der Waals surface area (Å²) in [6.07, 6.45) is 4.27. The number of para-hydroxylation sites is 1. The third-order valence-electron chi connectivity index (χ3n) is 4.16. The van der Waals surface area contributed by atoms with Crippen LogP contribution in [-0.4, -0.2) is 28.0 Å². The van der Waals surface area contributed by atoms with Gasteiger partial charge < -0.3 is 14.8 Å². The minimum Gasteiger partial charge on any atom is -0.481 e. The van der Waals surface area contributed by atoms with Crippen molar-refractivity contribution in [2.75, 3.05) is 17.6 Å². The van der Waals surface area contributed by atoms with Gasteiger partial charge >= 0.3 is 0 Å². The van der Waals surface area contributed by atoms with Gasteiger partial charge in [-0.25, -0.2) is 9.19 Å². The molecule has 0 aliphatic carbocycles. The molecule has 2 N–H and O–H groups in total. The summed E-state index contributed by atoms with van der Waals surface area (Å²) in [4.78, 5) is 17.0. The highest BCUT2D eigenvalue weighted by atomic mass is 32.2. The summed E-state index contributed by atoms with van der Waals surface area (Å²) in [6, 6.07) is 10.6. The summed E-state index contributed by atoms with van der Waals surface area (Å²) in [5, 5.41) is 3.03. The first-order valence-corrected chi connectivity index (χ1v) is 10.5. The number of ether oxygens (including phenoxy) is 1. The monoisotopic (exact) mass is 389 g/mol. The van der Waals surface area contributed by atoms with Crippen LogP contribution in [0.1, 0.15) is 55.1 Å². The lowest BCUT2D eigenvalue weighted by molar-refractivity contribution is 0.0936. The summed E-state index contributed by atoms with van der Waals surface area (Å²) < 4.78 is 20.2. The molecule has 1 unspecified atom stereocenters. The highest BCUT2D eigenvalue weighted by Crippen LogP contribution is 2.21. The van der Waals surface area contributed by atoms with Gasteiger partial charge in [-0.1, -0.05) is 38.5 Å². The fourth-order valence-corrected chi connectivity index (χ4v) is 3.67. The zero-order valence-electron chi connectivity index (χ0n) is 16.0. The Morgan fingerprint density at radius 2 is 2.00 bits per heavy atom. The summed E-state index contributed by atoms with van der Waals surface area (Å²) in [6.45, 7) is 4.05. The minimum absolute atomic E-state index is 0.172. The molecule has 0 saturated heterocycles. The molecule has 2 atom stereocenters. The van der Waals surface area contributed by atoms with Crippen molar-refractivity contribution in [2.24, 2.45) is 0 Å². The molecule has 0 aliphatic rings. The molecule has 0 fully saturated rings. The number of unbranched alkanes of at least 4 members (excludes halogenated alkanes) is 1. The number of hydrogen-bond acceptors (Lipinski definition) is 4. The van der Waals surface area contributed by atoms with E-state index in [4.69, 9.17) is 4.74 Å². The Hall–Kier alpha value is -2.41. The van der Waals surface area contributed by atoms with Gasteiger partial charge in [0.25, 0.3) is 5.91 Å². The van der Waals surface area contributed by atoms with E-state index in [1.807, 2.05) is 19.1 Å². The molecule has 1 heterocycles. The van der Waals surface area contributed by atoms with Gasteiger partial charge in [0.15, 0.2) is 0 Å². The molecule has 0 saturated carbocycles. The fraction of sp³-hybridized carbons (Fsp3) is 0.400. The molecule has 27 heavy (non-hydrogen) atoms. The number of hydrogen-bond donors (Lipinski definition) is 2. The molecule has 6 nitrogen and oxygen atoms in total. The number of anilines is 1. The van der Waals surface area contributed by atoms with E-state index >= 15 is 0 Å². The van der Waals surface area contributed by atoms with E-state index in [-0.39, 0.29) is 11.9 Å². The average molecular weight is 390 g/mol. The Bertz CT molecular complexity index is 765. The number of aromatic nitrogens is 1. The maximum Gasteiger partial charge on any atom is 0.253 e. The van der Waals surface area contributed by atoms with E-state index in [0.29, 0.717) is 22.9 Å². The van der Waals surface area contributed by atoms with Crippen LogP contribution in [0.2, 0.25) is 0 Å². The van der Waals surface area contributed by atoms with Gasteiger partial charge in [-0.05, 0) is 30.5 Å². The second kappa shape index (κ2) is 10.7. The molecule has 2 rings (SSSR count). The molecule has 0 spiro atoms. The smallest absolute Gasteiger partial charge is 0.253 e. The van der Waals surface area contributed by atoms with Crippen molar-refractivity contribution in [1.29, 1.82) is 0 Å². The van der Waals surface area contributed by atoms with Crippen LogP contribution in [0.5, 0.6) is 5.88 Å². The largest absolute Gasteiger partial charge is 0.481 e. The number of nitrogens with zero attached hydrogens (tertiary/aromatic N) is 1. The van der Waals surface area contributed by atoms with Crippen molar-refractivity contribution in [3.63, 3.8) is 0 Å². The van der Waals surface area contributed by atoms with E-state index in [9.17, 15) is 9.00 Å². The summed E-state index contributed by atoms with van der Waals surface area (Å²) in [5.41, 5.74) is 1.96. The first-order chi connectivity index (χ1) is 13.1. The molecule has 0 radical (unpaired) electrons. The van der Waals surface area contributed by atoms with Gasteiger partial charge in [0.2, 0.25) is 5.88 Å². The van der Waals surface area contributed by atoms with Crippen molar-refractivity contribution in [3.05, 3.63) is 53.7 Å². The lowest BCUT2D eigenvalue weighted by Gasteiger charge is -2.19. The van der Waals surface area contributed by atoms with Gasteiger partial charge in [-0.2, -0.15) is 0 Å². The lowest BCUT2D eigenvalue weighted by Crippen LogP contribution is -2.29. The zero-order chi connectivity index (χ0) is 19.6. The fourth-order valence-electron chi connectivity index (χ4n) is 2.59. The van der Waals surface area contributed by atoms with E-state index in [2.05, 4.69) is 21.9 Å². The molecule has 1 aromatic carbocycles. The summed E-state index contributed by atoms with van der Waals surface area (Å²) in [7, 11) is 0.359. The second-order valence-corrected chi connectivity index (χ2v) is 7.42. The van der Waals surface area contributed by atoms with Crippen LogP contribution in [0, 0.1) is 0 Å². The van der Waals surface area contributed by atoms with Crippen LogP contribution in [0.25, 0.3) is 0 Å². The Balaban J connectivity index is 2.12. The van der Waals surface area contributed by atoms with Crippen molar-refractivity contribution in [2.45, 2.75) is 39.2 Å². The predicted molar refractivity (Wildman–Crippen MR) is 109 cm³/mol. The maximum atomic E-state index is 12.8. The average Bonchev–Trinajstić information content (AvgIpc) is 2.70. The predicted octanol–water partition coefficient (Wildman–Crippen LogP) is 3.85. The third kappa shape index (κ3) is 6.06. The Kier molecular flexibility index (Phi) is 8.26. The molecule has 0 aliphatic heterocycles. The molecular weight excluding hydrogens is 362 g/mol. The summed E-state index contributed by atoms with van der Waals surface area (Å²) in [5.74, 6) is 0.874. The minimum atomic E-state index is -1.21. The van der Waals surface area contributed by atoms with Crippen LogP contribution in [0.3, 0.4) is 0 Å². The number of amides is 1. The maximum absolute atomic E-state index is 12.8. The number of pyridine rings is 1. The lowest BCUT2D eigenvalue weighted by atomic mass is 10.1. The number of rotatable bonds is 10. The van der Waals surface area contributed by atoms with E-state index in [0.717, 1.165) is 24.8 Å². The van der Waals surface area contributed by atoms with Gasteiger partial charge in [0.1, 0.15) is 11.0 Å². The van der Waals surface area contributed by atoms with Crippen molar-refractivity contribution >= 4 is 22.6 Å². The molecule has 7 heteroatoms. The van der Waals surface area contributed by atoms with Gasteiger partial charge in [0, 0.05) is 18.0 Å². The van der Waals surface area contributed by atoms with Crippen molar-refractivity contribution < 1.29 is 13.7 Å². The van der Waals surface area contributed by atoms with E-state index in [1.165, 1.54) is 0 Å². The van der Waals surface area contributed by atoms with Crippen LogP contribution in [0.15, 0.2) is 42.6 Å². The highest BCUT2D eigenvalue weighted by Gasteiger charge is 2.17. The molecule has 1 aromatic heterocycles. The SMILES string of the molecule is CCCCS(=O)Nc1ccccc1C(=O)N[C@@H](CC)c1ccc(OC)nc1. The number of carbonyl (C=O) groups is 1. The van der Waals surface area contributed by atoms with Crippen LogP contribution in [-0.2, 0) is 11.0 Å². The van der Waals surface area contributed by atoms with Crippen molar-refractivity contribution in [1.82, 2.24) is 10.3 Å². The van der Waals surface area contributed by atoms with E-state index < -0.39 is 11.0 Å². The second-order valence-electron chi connectivity index (χ2n) is 6.12. The quantitative estimate of drug-likeness (QED) is 0.647. The number of carbonyl (C=O) groups excluding carboxylic acids is 1. The Morgan fingerprint density at radius 1 is 1.22 bits per heavy atom. The third-order valence-corrected chi connectivity index (χ3v) is 5.27. The number of nitrogens with one attached hydrogen (secondary N) is 2. The first kappa shape index (κ1) is 20.9. The Labute approximate surface area is 163 Å². The number of methoxy groups -OCH3 is 1. The van der Waals surface area contributed by atoms with Crippen LogP contribution < -0.4 is 14.8 Å². The molecule has 146 valence electrons. The highest BCUT2D eigenvalue weighted by molar-refractivity contribution is 7.86.